The number of ether oxygens (including phenoxy) is 1. The molecule has 5 N–H and O–H groups in total. The summed E-state index contributed by atoms with van der Waals surface area (Å²) in [4.78, 5) is 12.9. The molecule has 1 aliphatic carbocycles. The zero-order valence-electron chi connectivity index (χ0n) is 17.1. The molecule has 0 saturated carbocycles. The van der Waals surface area contributed by atoms with E-state index in [2.05, 4.69) is 36.6 Å². The number of hydrogen-bond donors (Lipinski definition) is 4. The number of anilines is 1. The summed E-state index contributed by atoms with van der Waals surface area (Å²) >= 11 is 6.18. The third-order valence-corrected chi connectivity index (χ3v) is 6.48. The summed E-state index contributed by atoms with van der Waals surface area (Å²) in [6.07, 6.45) is -1.91. The van der Waals surface area contributed by atoms with E-state index in [0.29, 0.717) is 11.3 Å². The molecule has 1 fully saturated rings. The van der Waals surface area contributed by atoms with Crippen LogP contribution in [-0.4, -0.2) is 63.1 Å². The summed E-state index contributed by atoms with van der Waals surface area (Å²) in [5.41, 5.74) is 3.11. The maximum atomic E-state index is 11.1. The highest BCUT2D eigenvalue weighted by Gasteiger charge is 2.45. The number of aliphatic hydroxyl groups is 2. The number of nitrogens with zero attached hydrogens (tertiary/aromatic N) is 4. The van der Waals surface area contributed by atoms with E-state index in [9.17, 15) is 18.6 Å². The quantitative estimate of drug-likeness (QED) is 0.350. The van der Waals surface area contributed by atoms with Crippen LogP contribution in [-0.2, 0) is 25.6 Å². The van der Waals surface area contributed by atoms with Crippen molar-refractivity contribution in [3.05, 3.63) is 47.0 Å². The van der Waals surface area contributed by atoms with Crippen molar-refractivity contribution in [2.75, 3.05) is 11.9 Å². The van der Waals surface area contributed by atoms with Crippen molar-refractivity contribution in [2.24, 2.45) is 5.14 Å². The Morgan fingerprint density at radius 1 is 1.27 bits per heavy atom. The molecular formula is C19H21ClN6O6S. The van der Waals surface area contributed by atoms with Gasteiger partial charge in [-0.2, -0.15) is 18.4 Å². The topological polar surface area (TPSA) is 175 Å². The number of rotatable bonds is 6. The van der Waals surface area contributed by atoms with Crippen molar-refractivity contribution in [1.82, 2.24) is 19.5 Å². The molecule has 0 bridgehead atoms. The molecule has 3 aromatic rings. The molecule has 176 valence electrons. The van der Waals surface area contributed by atoms with Crippen molar-refractivity contribution in [3.8, 4) is 0 Å². The normalized spacial score (nSPS) is 27.2. The summed E-state index contributed by atoms with van der Waals surface area (Å²) in [6, 6.07) is 8.16. The lowest BCUT2D eigenvalue weighted by atomic mass is 10.1. The van der Waals surface area contributed by atoms with Crippen LogP contribution in [0.2, 0.25) is 5.28 Å². The zero-order valence-corrected chi connectivity index (χ0v) is 18.6. The molecule has 1 saturated heterocycles. The molecule has 3 heterocycles. The number of nitrogens with two attached hydrogens (primary N) is 1. The molecule has 2 aliphatic rings. The molecule has 12 nitrogen and oxygen atoms in total. The van der Waals surface area contributed by atoms with E-state index >= 15 is 0 Å². The average molecular weight is 497 g/mol. The monoisotopic (exact) mass is 496 g/mol. The number of halogens is 1. The molecular weight excluding hydrogens is 476 g/mol. The molecule has 1 unspecified atom stereocenters. The molecule has 2 aromatic heterocycles. The first-order valence-corrected chi connectivity index (χ1v) is 12.0. The van der Waals surface area contributed by atoms with Crippen LogP contribution < -0.4 is 10.5 Å². The number of hydrogen-bond acceptors (Lipinski definition) is 10. The van der Waals surface area contributed by atoms with Crippen LogP contribution in [0.4, 0.5) is 5.82 Å². The minimum atomic E-state index is -4.24. The van der Waals surface area contributed by atoms with E-state index < -0.39 is 41.5 Å². The predicted molar refractivity (Wildman–Crippen MR) is 116 cm³/mol. The van der Waals surface area contributed by atoms with Gasteiger partial charge in [-0.3, -0.25) is 8.75 Å². The first kappa shape index (κ1) is 22.4. The van der Waals surface area contributed by atoms with Gasteiger partial charge in [0.05, 0.1) is 19.0 Å². The SMILES string of the molecule is NS(=O)(=O)OC[C@H]1OC(n2cnc3c(N[C@H]4CCc5ccccc54)nc(Cl)nc32)[C@H](O)[C@@H]1O. The third kappa shape index (κ3) is 4.28. The molecule has 5 atom stereocenters. The molecule has 1 aliphatic heterocycles. The number of imidazole rings is 1. The Bertz CT molecular complexity index is 1300. The number of aryl methyl sites for hydroxylation is 1. The van der Waals surface area contributed by atoms with E-state index in [-0.39, 0.29) is 17.0 Å². The fourth-order valence-corrected chi connectivity index (χ4v) is 4.80. The van der Waals surface area contributed by atoms with Gasteiger partial charge in [0, 0.05) is 0 Å². The van der Waals surface area contributed by atoms with Gasteiger partial charge >= 0.3 is 10.3 Å². The first-order chi connectivity index (χ1) is 15.7. The van der Waals surface area contributed by atoms with Gasteiger partial charge in [0.25, 0.3) is 0 Å². The summed E-state index contributed by atoms with van der Waals surface area (Å²) in [6.45, 7) is -0.566. The van der Waals surface area contributed by atoms with Crippen molar-refractivity contribution in [3.63, 3.8) is 0 Å². The lowest BCUT2D eigenvalue weighted by Gasteiger charge is -2.18. The van der Waals surface area contributed by atoms with Crippen molar-refractivity contribution >= 4 is 38.9 Å². The number of nitrogens with one attached hydrogen (secondary N) is 1. The van der Waals surface area contributed by atoms with E-state index in [0.717, 1.165) is 12.8 Å². The van der Waals surface area contributed by atoms with Gasteiger partial charge < -0.3 is 20.3 Å². The number of benzene rings is 1. The number of aromatic nitrogens is 4. The van der Waals surface area contributed by atoms with Crippen molar-refractivity contribution in [1.29, 1.82) is 0 Å². The Hall–Kier alpha value is -2.39. The largest absolute Gasteiger partial charge is 0.387 e. The Labute approximate surface area is 193 Å². The van der Waals surface area contributed by atoms with Crippen LogP contribution >= 0.6 is 11.6 Å². The highest BCUT2D eigenvalue weighted by molar-refractivity contribution is 7.84. The van der Waals surface area contributed by atoms with Crippen molar-refractivity contribution < 1.29 is 27.6 Å². The van der Waals surface area contributed by atoms with E-state index in [1.54, 1.807) is 0 Å². The second kappa shape index (κ2) is 8.43. The van der Waals surface area contributed by atoms with Crippen LogP contribution in [0.5, 0.6) is 0 Å². The van der Waals surface area contributed by atoms with E-state index in [1.807, 2.05) is 12.1 Å². The Morgan fingerprint density at radius 3 is 2.85 bits per heavy atom. The average Bonchev–Trinajstić information content (AvgIpc) is 3.44. The van der Waals surface area contributed by atoms with E-state index in [1.165, 1.54) is 22.0 Å². The number of fused-ring (bicyclic) bond motifs is 2. The molecule has 5 rings (SSSR count). The second-order valence-corrected chi connectivity index (χ2v) is 9.48. The minimum absolute atomic E-state index is 0.0235. The lowest BCUT2D eigenvalue weighted by Crippen LogP contribution is -2.35. The molecule has 14 heteroatoms. The van der Waals surface area contributed by atoms with Crippen molar-refractivity contribution in [2.45, 2.75) is 43.4 Å². The maximum Gasteiger partial charge on any atom is 0.333 e. The maximum absolute atomic E-state index is 11.1. The fourth-order valence-electron chi connectivity index (χ4n) is 4.31. The van der Waals surface area contributed by atoms with Crippen LogP contribution in [0.15, 0.2) is 30.6 Å². The molecule has 33 heavy (non-hydrogen) atoms. The van der Waals surface area contributed by atoms with Gasteiger partial charge in [-0.05, 0) is 35.6 Å². The van der Waals surface area contributed by atoms with Crippen LogP contribution in [0.1, 0.15) is 29.8 Å². The van der Waals surface area contributed by atoms with Gasteiger partial charge in [-0.25, -0.2) is 10.1 Å². The Balaban J connectivity index is 1.44. The Kier molecular flexibility index (Phi) is 5.73. The third-order valence-electron chi connectivity index (χ3n) is 5.85. The first-order valence-electron chi connectivity index (χ1n) is 10.1. The van der Waals surface area contributed by atoms with Gasteiger partial charge in [0.1, 0.15) is 18.3 Å². The highest BCUT2D eigenvalue weighted by Crippen LogP contribution is 2.36. The fraction of sp³-hybridized carbons (Fsp3) is 0.421. The lowest BCUT2D eigenvalue weighted by molar-refractivity contribution is -0.0467. The molecule has 0 radical (unpaired) electrons. The summed E-state index contributed by atoms with van der Waals surface area (Å²) in [5.74, 6) is 0.424. The predicted octanol–water partition coefficient (Wildman–Crippen LogP) is 0.418. The van der Waals surface area contributed by atoms with Crippen LogP contribution in [0, 0.1) is 0 Å². The molecule has 0 amide bonds. The standard InChI is InChI=1S/C19H21ClN6O6S/c20-19-24-16(23-11-6-5-9-3-1-2-4-10(9)11)13-17(25-19)26(8-22-13)18-15(28)14(27)12(32-18)7-31-33(21,29)30/h1-4,8,11-12,14-15,18,27-28H,5-7H2,(H2,21,29,30)(H,23,24,25)/t11-,12+,14+,15+,18?/m0/s1. The zero-order chi connectivity index (χ0) is 23.3. The Morgan fingerprint density at radius 2 is 2.06 bits per heavy atom. The van der Waals surface area contributed by atoms with Gasteiger partial charge in [-0.15, -0.1) is 0 Å². The number of aliphatic hydroxyl groups excluding tert-OH is 2. The second-order valence-electron chi connectivity index (χ2n) is 7.92. The van der Waals surface area contributed by atoms with Gasteiger partial charge in [0.15, 0.2) is 23.2 Å². The van der Waals surface area contributed by atoms with Crippen LogP contribution in [0.3, 0.4) is 0 Å². The minimum Gasteiger partial charge on any atom is -0.387 e. The van der Waals surface area contributed by atoms with Crippen LogP contribution in [0.25, 0.3) is 11.2 Å². The van der Waals surface area contributed by atoms with Gasteiger partial charge in [-0.1, -0.05) is 24.3 Å². The van der Waals surface area contributed by atoms with Gasteiger partial charge in [0.2, 0.25) is 5.28 Å². The summed E-state index contributed by atoms with van der Waals surface area (Å²) < 4.78 is 33.7. The highest BCUT2D eigenvalue weighted by atomic mass is 35.5. The molecule has 1 aromatic carbocycles. The van der Waals surface area contributed by atoms with E-state index in [4.69, 9.17) is 21.5 Å². The smallest absolute Gasteiger partial charge is 0.333 e. The summed E-state index contributed by atoms with van der Waals surface area (Å²) in [5, 5.41) is 29.0. The summed E-state index contributed by atoms with van der Waals surface area (Å²) in [7, 11) is -4.24. The molecule has 0 spiro atoms.